The van der Waals surface area contributed by atoms with Crippen LogP contribution in [0.1, 0.15) is 38.3 Å². The third-order valence-corrected chi connectivity index (χ3v) is 3.59. The summed E-state index contributed by atoms with van der Waals surface area (Å²) in [6, 6.07) is 8.55. The number of nitrogens with one attached hydrogen (secondary N) is 1. The van der Waals surface area contributed by atoms with Crippen LogP contribution in [-0.4, -0.2) is 26.4 Å². The Morgan fingerprint density at radius 3 is 2.53 bits per heavy atom. The van der Waals surface area contributed by atoms with E-state index >= 15 is 0 Å². The van der Waals surface area contributed by atoms with Gasteiger partial charge >= 0.3 is 0 Å². The summed E-state index contributed by atoms with van der Waals surface area (Å²) in [6.45, 7) is 4.09. The van der Waals surface area contributed by atoms with E-state index < -0.39 is 0 Å². The summed E-state index contributed by atoms with van der Waals surface area (Å²) < 4.78 is 11.5. The maximum Gasteiger partial charge on any atom is 0.120 e. The second-order valence-corrected chi connectivity index (χ2v) is 5.54. The third kappa shape index (κ3) is 3.71. The average molecular weight is 263 g/mol. The zero-order valence-electron chi connectivity index (χ0n) is 12.3. The van der Waals surface area contributed by atoms with E-state index in [1.54, 1.807) is 0 Å². The standard InChI is InChI=1S/C16H25NO2/c1-11(2)19-14-7-5-6-13(10-14)15(17-3)16(18-4)12-8-9-12/h5-7,10-12,15-17H,8-9H2,1-4H3. The number of methoxy groups -OCH3 is 1. The molecule has 1 N–H and O–H groups in total. The Bertz CT molecular complexity index is 401. The van der Waals surface area contributed by atoms with Crippen LogP contribution in [0.25, 0.3) is 0 Å². The lowest BCUT2D eigenvalue weighted by atomic mass is 9.98. The minimum Gasteiger partial charge on any atom is -0.491 e. The number of hydrogen-bond donors (Lipinski definition) is 1. The Kier molecular flexibility index (Phi) is 4.83. The number of benzene rings is 1. The van der Waals surface area contributed by atoms with E-state index in [0.29, 0.717) is 5.92 Å². The van der Waals surface area contributed by atoms with Gasteiger partial charge in [-0.1, -0.05) is 12.1 Å². The van der Waals surface area contributed by atoms with Crippen molar-refractivity contribution in [3.05, 3.63) is 29.8 Å². The Labute approximate surface area is 116 Å². The van der Waals surface area contributed by atoms with Gasteiger partial charge in [0, 0.05) is 7.11 Å². The van der Waals surface area contributed by atoms with Gasteiger partial charge in [0.2, 0.25) is 0 Å². The van der Waals surface area contributed by atoms with Crippen molar-refractivity contribution in [3.8, 4) is 5.75 Å². The number of rotatable bonds is 7. The van der Waals surface area contributed by atoms with Gasteiger partial charge in [0.05, 0.1) is 18.2 Å². The van der Waals surface area contributed by atoms with Crippen LogP contribution in [0.5, 0.6) is 5.75 Å². The first-order valence-electron chi connectivity index (χ1n) is 7.12. The van der Waals surface area contributed by atoms with Gasteiger partial charge in [0.1, 0.15) is 5.75 Å². The van der Waals surface area contributed by atoms with Crippen LogP contribution in [0.3, 0.4) is 0 Å². The highest BCUT2D eigenvalue weighted by atomic mass is 16.5. The summed E-state index contributed by atoms with van der Waals surface area (Å²) in [7, 11) is 3.80. The maximum atomic E-state index is 5.77. The van der Waals surface area contributed by atoms with Crippen LogP contribution in [0, 0.1) is 5.92 Å². The highest BCUT2D eigenvalue weighted by molar-refractivity contribution is 5.31. The van der Waals surface area contributed by atoms with Crippen LogP contribution in [0.15, 0.2) is 24.3 Å². The molecule has 3 heteroatoms. The molecule has 0 bridgehead atoms. The lowest BCUT2D eigenvalue weighted by Gasteiger charge is -2.26. The molecular weight excluding hydrogens is 238 g/mol. The zero-order valence-corrected chi connectivity index (χ0v) is 12.3. The molecule has 3 nitrogen and oxygen atoms in total. The van der Waals surface area contributed by atoms with Crippen LogP contribution in [0.4, 0.5) is 0 Å². The molecule has 2 unspecified atom stereocenters. The molecule has 2 rings (SSSR count). The van der Waals surface area contributed by atoms with Crippen molar-refractivity contribution in [3.63, 3.8) is 0 Å². The fourth-order valence-electron chi connectivity index (χ4n) is 2.60. The first-order valence-corrected chi connectivity index (χ1v) is 7.12. The third-order valence-electron chi connectivity index (χ3n) is 3.59. The SMILES string of the molecule is CNC(c1cccc(OC(C)C)c1)C(OC)C1CC1. The molecule has 19 heavy (non-hydrogen) atoms. The molecule has 0 aliphatic heterocycles. The first kappa shape index (κ1) is 14.4. The van der Waals surface area contributed by atoms with Crippen LogP contribution in [-0.2, 0) is 4.74 Å². The quantitative estimate of drug-likeness (QED) is 0.819. The molecule has 0 radical (unpaired) electrons. The fraction of sp³-hybridized carbons (Fsp3) is 0.625. The summed E-state index contributed by atoms with van der Waals surface area (Å²) in [5, 5.41) is 3.39. The maximum absolute atomic E-state index is 5.77. The second-order valence-electron chi connectivity index (χ2n) is 5.54. The van der Waals surface area contributed by atoms with Crippen molar-refractivity contribution in [2.24, 2.45) is 5.92 Å². The second kappa shape index (κ2) is 6.40. The van der Waals surface area contributed by atoms with Gasteiger partial charge in [-0.05, 0) is 57.4 Å². The van der Waals surface area contributed by atoms with Crippen LogP contribution < -0.4 is 10.1 Å². The zero-order chi connectivity index (χ0) is 13.8. The molecule has 1 aromatic carbocycles. The minimum absolute atomic E-state index is 0.199. The molecule has 0 spiro atoms. The van der Waals surface area contributed by atoms with Crippen molar-refractivity contribution in [1.29, 1.82) is 0 Å². The Morgan fingerprint density at radius 2 is 2.00 bits per heavy atom. The largest absolute Gasteiger partial charge is 0.491 e. The summed E-state index contributed by atoms with van der Waals surface area (Å²) in [5.74, 6) is 1.62. The predicted molar refractivity (Wildman–Crippen MR) is 77.5 cm³/mol. The van der Waals surface area contributed by atoms with E-state index in [1.165, 1.54) is 18.4 Å². The van der Waals surface area contributed by atoms with E-state index in [4.69, 9.17) is 9.47 Å². The molecule has 0 heterocycles. The fourth-order valence-corrected chi connectivity index (χ4v) is 2.60. The van der Waals surface area contributed by atoms with Gasteiger partial charge in [-0.2, -0.15) is 0 Å². The smallest absolute Gasteiger partial charge is 0.120 e. The van der Waals surface area contributed by atoms with Gasteiger partial charge in [0.25, 0.3) is 0 Å². The van der Waals surface area contributed by atoms with Crippen LogP contribution >= 0.6 is 0 Å². The number of ether oxygens (including phenoxy) is 2. The predicted octanol–water partition coefficient (Wildman–Crippen LogP) is 3.16. The summed E-state index contributed by atoms with van der Waals surface area (Å²) in [5.41, 5.74) is 1.24. The molecule has 1 saturated carbocycles. The van der Waals surface area contributed by atoms with E-state index in [1.807, 2.05) is 34.1 Å². The van der Waals surface area contributed by atoms with Gasteiger partial charge in [-0.3, -0.25) is 0 Å². The van der Waals surface area contributed by atoms with Crippen molar-refractivity contribution in [1.82, 2.24) is 5.32 Å². The van der Waals surface area contributed by atoms with Gasteiger partial charge < -0.3 is 14.8 Å². The summed E-state index contributed by atoms with van der Waals surface area (Å²) >= 11 is 0. The molecule has 1 fully saturated rings. The summed E-state index contributed by atoms with van der Waals surface area (Å²) in [4.78, 5) is 0. The van der Waals surface area contributed by atoms with E-state index in [2.05, 4.69) is 23.5 Å². The van der Waals surface area contributed by atoms with E-state index in [9.17, 15) is 0 Å². The molecule has 1 aliphatic rings. The first-order chi connectivity index (χ1) is 9.15. The van der Waals surface area contributed by atoms with E-state index in [-0.39, 0.29) is 18.2 Å². The average Bonchev–Trinajstić information content (AvgIpc) is 3.19. The molecule has 1 aliphatic carbocycles. The molecular formula is C16H25NO2. The molecule has 0 amide bonds. The lowest BCUT2D eigenvalue weighted by molar-refractivity contribution is 0.0529. The normalized spacial score (nSPS) is 18.4. The minimum atomic E-state index is 0.199. The Balaban J connectivity index is 2.17. The van der Waals surface area contributed by atoms with Crippen molar-refractivity contribution >= 4 is 0 Å². The number of hydrogen-bond acceptors (Lipinski definition) is 3. The Hall–Kier alpha value is -1.06. The lowest BCUT2D eigenvalue weighted by Crippen LogP contribution is -2.32. The summed E-state index contributed by atoms with van der Waals surface area (Å²) in [6.07, 6.45) is 3.00. The van der Waals surface area contributed by atoms with Crippen molar-refractivity contribution in [2.45, 2.75) is 44.9 Å². The molecule has 0 saturated heterocycles. The molecule has 106 valence electrons. The van der Waals surface area contributed by atoms with Gasteiger partial charge in [0.15, 0.2) is 0 Å². The monoisotopic (exact) mass is 263 g/mol. The highest BCUT2D eigenvalue weighted by Crippen LogP contribution is 2.40. The highest BCUT2D eigenvalue weighted by Gasteiger charge is 2.36. The van der Waals surface area contributed by atoms with Crippen molar-refractivity contribution in [2.75, 3.05) is 14.2 Å². The topological polar surface area (TPSA) is 30.5 Å². The van der Waals surface area contributed by atoms with Crippen LogP contribution in [0.2, 0.25) is 0 Å². The molecule has 1 aromatic rings. The number of likely N-dealkylation sites (N-methyl/N-ethyl adjacent to an activating group) is 1. The van der Waals surface area contributed by atoms with Gasteiger partial charge in [-0.15, -0.1) is 0 Å². The van der Waals surface area contributed by atoms with E-state index in [0.717, 1.165) is 5.75 Å². The van der Waals surface area contributed by atoms with Crippen molar-refractivity contribution < 1.29 is 9.47 Å². The molecule has 2 atom stereocenters. The Morgan fingerprint density at radius 1 is 1.26 bits per heavy atom. The molecule has 0 aromatic heterocycles. The van der Waals surface area contributed by atoms with Gasteiger partial charge in [-0.25, -0.2) is 0 Å².